The lowest BCUT2D eigenvalue weighted by molar-refractivity contribution is -0.116. The molecule has 1 amide bonds. The van der Waals surface area contributed by atoms with Crippen molar-refractivity contribution in [2.24, 2.45) is 0 Å². The van der Waals surface area contributed by atoms with Crippen molar-refractivity contribution < 1.29 is 19.0 Å². The van der Waals surface area contributed by atoms with Crippen molar-refractivity contribution in [1.29, 1.82) is 0 Å². The van der Waals surface area contributed by atoms with Gasteiger partial charge in [0.15, 0.2) is 11.5 Å². The van der Waals surface area contributed by atoms with Gasteiger partial charge in [0.1, 0.15) is 5.75 Å². The minimum atomic E-state index is -0.244. The molecule has 0 bridgehead atoms. The Balaban J connectivity index is 3.01. The molecule has 5 nitrogen and oxygen atoms in total. The second-order valence-corrected chi connectivity index (χ2v) is 3.44. The van der Waals surface area contributed by atoms with Crippen LogP contribution in [-0.4, -0.2) is 27.2 Å². The molecular weight excluding hydrogens is 234 g/mol. The summed E-state index contributed by atoms with van der Waals surface area (Å²) < 4.78 is 15.6. The fourth-order valence-electron chi connectivity index (χ4n) is 1.49. The Bertz CT molecular complexity index is 443. The lowest BCUT2D eigenvalue weighted by Gasteiger charge is -2.14. The molecule has 0 heterocycles. The molecule has 1 N–H and O–H groups in total. The number of methoxy groups -OCH3 is 3. The van der Waals surface area contributed by atoms with Crippen LogP contribution in [0.15, 0.2) is 24.8 Å². The molecule has 98 valence electrons. The van der Waals surface area contributed by atoms with Gasteiger partial charge in [0.2, 0.25) is 5.91 Å². The molecule has 0 unspecified atom stereocenters. The average molecular weight is 251 g/mol. The molecule has 0 aliphatic carbocycles. The van der Waals surface area contributed by atoms with Crippen LogP contribution in [0.5, 0.6) is 17.2 Å². The number of benzene rings is 1. The van der Waals surface area contributed by atoms with E-state index in [0.717, 1.165) is 5.56 Å². The average Bonchev–Trinajstić information content (AvgIpc) is 2.43. The van der Waals surface area contributed by atoms with Crippen LogP contribution in [0.2, 0.25) is 0 Å². The van der Waals surface area contributed by atoms with E-state index < -0.39 is 0 Å². The fourth-order valence-corrected chi connectivity index (χ4v) is 1.49. The monoisotopic (exact) mass is 251 g/mol. The second kappa shape index (κ2) is 6.54. The van der Waals surface area contributed by atoms with Crippen LogP contribution in [0.4, 0.5) is 0 Å². The first kappa shape index (κ1) is 13.9. The Labute approximate surface area is 106 Å². The summed E-state index contributed by atoms with van der Waals surface area (Å²) in [4.78, 5) is 11.1. The Morgan fingerprint density at radius 2 is 1.72 bits per heavy atom. The summed E-state index contributed by atoms with van der Waals surface area (Å²) in [5, 5.41) is 2.68. The molecule has 0 aliphatic heterocycles. The van der Waals surface area contributed by atoms with Crippen LogP contribution in [-0.2, 0) is 11.3 Å². The Kier molecular flexibility index (Phi) is 5.05. The minimum Gasteiger partial charge on any atom is -0.496 e. The van der Waals surface area contributed by atoms with E-state index in [1.165, 1.54) is 6.08 Å². The zero-order valence-electron chi connectivity index (χ0n) is 10.8. The van der Waals surface area contributed by atoms with Crippen LogP contribution in [0.25, 0.3) is 0 Å². The number of hydrogen-bond donors (Lipinski definition) is 1. The molecule has 18 heavy (non-hydrogen) atoms. The summed E-state index contributed by atoms with van der Waals surface area (Å²) in [6, 6.07) is 3.48. The van der Waals surface area contributed by atoms with E-state index in [1.54, 1.807) is 33.5 Å². The predicted octanol–water partition coefficient (Wildman–Crippen LogP) is 1.51. The van der Waals surface area contributed by atoms with Gasteiger partial charge < -0.3 is 19.5 Å². The van der Waals surface area contributed by atoms with Crippen molar-refractivity contribution in [3.05, 3.63) is 30.4 Å². The number of carbonyl (C=O) groups excluding carboxylic acids is 1. The predicted molar refractivity (Wildman–Crippen MR) is 68.1 cm³/mol. The maximum atomic E-state index is 11.1. The first-order valence-corrected chi connectivity index (χ1v) is 5.35. The number of nitrogens with one attached hydrogen (secondary N) is 1. The van der Waals surface area contributed by atoms with E-state index in [9.17, 15) is 4.79 Å². The van der Waals surface area contributed by atoms with Crippen LogP contribution in [0, 0.1) is 0 Å². The van der Waals surface area contributed by atoms with Crippen molar-refractivity contribution in [3.63, 3.8) is 0 Å². The maximum absolute atomic E-state index is 11.1. The lowest BCUT2D eigenvalue weighted by atomic mass is 10.1. The highest BCUT2D eigenvalue weighted by Gasteiger charge is 2.11. The minimum absolute atomic E-state index is 0.244. The van der Waals surface area contributed by atoms with Crippen LogP contribution < -0.4 is 19.5 Å². The summed E-state index contributed by atoms with van der Waals surface area (Å²) in [6.07, 6.45) is 1.22. The first-order valence-electron chi connectivity index (χ1n) is 5.35. The summed E-state index contributed by atoms with van der Waals surface area (Å²) in [5.74, 6) is 1.54. The Morgan fingerprint density at radius 3 is 2.22 bits per heavy atom. The molecule has 0 atom stereocenters. The van der Waals surface area contributed by atoms with Crippen molar-refractivity contribution in [2.45, 2.75) is 6.54 Å². The van der Waals surface area contributed by atoms with E-state index in [2.05, 4.69) is 11.9 Å². The molecular formula is C13H17NO4. The molecule has 1 aromatic carbocycles. The van der Waals surface area contributed by atoms with Crippen molar-refractivity contribution >= 4 is 5.91 Å². The zero-order valence-corrected chi connectivity index (χ0v) is 10.8. The van der Waals surface area contributed by atoms with Gasteiger partial charge in [0.25, 0.3) is 0 Å². The molecule has 0 aliphatic rings. The summed E-state index contributed by atoms with van der Waals surface area (Å²) in [6.45, 7) is 3.72. The SMILES string of the molecule is C=CC(=O)NCc1cc(OC)c(OC)cc1OC. The van der Waals surface area contributed by atoms with Gasteiger partial charge in [0.05, 0.1) is 21.3 Å². The number of hydrogen-bond acceptors (Lipinski definition) is 4. The Morgan fingerprint density at radius 1 is 1.17 bits per heavy atom. The summed E-state index contributed by atoms with van der Waals surface area (Å²) >= 11 is 0. The van der Waals surface area contributed by atoms with Crippen LogP contribution in [0.3, 0.4) is 0 Å². The van der Waals surface area contributed by atoms with Gasteiger partial charge in [-0.2, -0.15) is 0 Å². The zero-order chi connectivity index (χ0) is 13.5. The van der Waals surface area contributed by atoms with Gasteiger partial charge in [-0.05, 0) is 12.1 Å². The van der Waals surface area contributed by atoms with Gasteiger partial charge >= 0.3 is 0 Å². The van der Waals surface area contributed by atoms with Gasteiger partial charge in [-0.1, -0.05) is 6.58 Å². The van der Waals surface area contributed by atoms with Gasteiger partial charge in [-0.3, -0.25) is 4.79 Å². The number of ether oxygens (including phenoxy) is 3. The van der Waals surface area contributed by atoms with Crippen molar-refractivity contribution in [3.8, 4) is 17.2 Å². The molecule has 0 fully saturated rings. The van der Waals surface area contributed by atoms with Gasteiger partial charge in [-0.15, -0.1) is 0 Å². The van der Waals surface area contributed by atoms with Crippen molar-refractivity contribution in [1.82, 2.24) is 5.32 Å². The third-order valence-electron chi connectivity index (χ3n) is 2.43. The lowest BCUT2D eigenvalue weighted by Crippen LogP contribution is -2.20. The Hall–Kier alpha value is -2.17. The molecule has 1 aromatic rings. The van der Waals surface area contributed by atoms with Gasteiger partial charge in [-0.25, -0.2) is 0 Å². The highest BCUT2D eigenvalue weighted by molar-refractivity contribution is 5.86. The highest BCUT2D eigenvalue weighted by Crippen LogP contribution is 2.34. The molecule has 0 aromatic heterocycles. The second-order valence-electron chi connectivity index (χ2n) is 3.44. The largest absolute Gasteiger partial charge is 0.496 e. The van der Waals surface area contributed by atoms with Gasteiger partial charge in [0, 0.05) is 18.2 Å². The molecule has 0 saturated heterocycles. The highest BCUT2D eigenvalue weighted by atomic mass is 16.5. The van der Waals surface area contributed by atoms with E-state index >= 15 is 0 Å². The van der Waals surface area contributed by atoms with E-state index in [4.69, 9.17) is 14.2 Å². The standard InChI is InChI=1S/C13H17NO4/c1-5-13(15)14-8-9-6-11(17-3)12(18-4)7-10(9)16-2/h5-7H,1,8H2,2-4H3,(H,14,15). The van der Waals surface area contributed by atoms with Crippen LogP contribution in [0.1, 0.15) is 5.56 Å². The fraction of sp³-hybridized carbons (Fsp3) is 0.308. The maximum Gasteiger partial charge on any atom is 0.243 e. The third kappa shape index (κ3) is 3.16. The van der Waals surface area contributed by atoms with Crippen LogP contribution >= 0.6 is 0 Å². The first-order chi connectivity index (χ1) is 8.65. The summed E-state index contributed by atoms with van der Waals surface area (Å²) in [5.41, 5.74) is 0.797. The molecule has 0 saturated carbocycles. The number of rotatable bonds is 6. The van der Waals surface area contributed by atoms with E-state index in [-0.39, 0.29) is 5.91 Å². The molecule has 1 rings (SSSR count). The van der Waals surface area contributed by atoms with E-state index in [0.29, 0.717) is 23.8 Å². The van der Waals surface area contributed by atoms with E-state index in [1.807, 2.05) is 0 Å². The van der Waals surface area contributed by atoms with Crippen molar-refractivity contribution in [2.75, 3.05) is 21.3 Å². The third-order valence-corrected chi connectivity index (χ3v) is 2.43. The molecule has 0 spiro atoms. The number of amides is 1. The number of carbonyl (C=O) groups is 1. The topological polar surface area (TPSA) is 56.8 Å². The summed E-state index contributed by atoms with van der Waals surface area (Å²) in [7, 11) is 4.66. The normalized spacial score (nSPS) is 9.50. The molecule has 0 radical (unpaired) electrons. The molecule has 5 heteroatoms. The smallest absolute Gasteiger partial charge is 0.243 e. The quantitative estimate of drug-likeness (QED) is 0.779.